The van der Waals surface area contributed by atoms with Crippen molar-refractivity contribution in [2.75, 3.05) is 7.11 Å². The van der Waals surface area contributed by atoms with E-state index in [0.717, 1.165) is 32.4 Å². The minimum absolute atomic E-state index is 0.861. The van der Waals surface area contributed by atoms with Gasteiger partial charge in [0.2, 0.25) is 0 Å². The standard InChI is InChI=1S/C15H13BrN2O/c1-18-15(16)13-7-6-11(9-14(13)17-18)10-4-3-5-12(8-10)19-2/h3-9H,1-2H3. The molecule has 3 aromatic rings. The summed E-state index contributed by atoms with van der Waals surface area (Å²) in [5.74, 6) is 0.861. The van der Waals surface area contributed by atoms with Gasteiger partial charge in [-0.3, -0.25) is 4.68 Å². The Balaban J connectivity index is 2.14. The summed E-state index contributed by atoms with van der Waals surface area (Å²) < 4.78 is 8.09. The Morgan fingerprint density at radius 3 is 2.68 bits per heavy atom. The molecule has 0 N–H and O–H groups in total. The topological polar surface area (TPSA) is 27.1 Å². The third-order valence-corrected chi connectivity index (χ3v) is 4.11. The predicted octanol–water partition coefficient (Wildman–Crippen LogP) is 4.01. The fourth-order valence-electron chi connectivity index (χ4n) is 2.15. The van der Waals surface area contributed by atoms with E-state index in [0.29, 0.717) is 0 Å². The van der Waals surface area contributed by atoms with E-state index in [-0.39, 0.29) is 0 Å². The number of nitrogens with zero attached hydrogens (tertiary/aromatic N) is 2. The Hall–Kier alpha value is -1.81. The van der Waals surface area contributed by atoms with Crippen LogP contribution in [0.3, 0.4) is 0 Å². The van der Waals surface area contributed by atoms with E-state index in [2.05, 4.69) is 45.3 Å². The normalized spacial score (nSPS) is 10.9. The number of hydrogen-bond donors (Lipinski definition) is 0. The van der Waals surface area contributed by atoms with Crippen LogP contribution in [0.5, 0.6) is 5.75 Å². The minimum atomic E-state index is 0.861. The predicted molar refractivity (Wildman–Crippen MR) is 80.4 cm³/mol. The fourth-order valence-corrected chi connectivity index (χ4v) is 2.57. The summed E-state index contributed by atoms with van der Waals surface area (Å²) in [6, 6.07) is 14.3. The zero-order chi connectivity index (χ0) is 13.4. The quantitative estimate of drug-likeness (QED) is 0.714. The second-order valence-corrected chi connectivity index (χ2v) is 5.13. The Morgan fingerprint density at radius 2 is 1.89 bits per heavy atom. The first-order valence-electron chi connectivity index (χ1n) is 5.96. The monoisotopic (exact) mass is 316 g/mol. The van der Waals surface area contributed by atoms with E-state index in [1.54, 1.807) is 7.11 Å². The highest BCUT2D eigenvalue weighted by molar-refractivity contribution is 9.10. The van der Waals surface area contributed by atoms with Crippen LogP contribution in [-0.2, 0) is 7.05 Å². The smallest absolute Gasteiger partial charge is 0.119 e. The summed E-state index contributed by atoms with van der Waals surface area (Å²) in [6.45, 7) is 0. The van der Waals surface area contributed by atoms with Crippen LogP contribution in [0, 0.1) is 0 Å². The number of ether oxygens (including phenoxy) is 1. The Labute approximate surface area is 119 Å². The third-order valence-electron chi connectivity index (χ3n) is 3.16. The lowest BCUT2D eigenvalue weighted by Crippen LogP contribution is -1.88. The first kappa shape index (κ1) is 12.2. The van der Waals surface area contributed by atoms with Crippen molar-refractivity contribution in [3.63, 3.8) is 0 Å². The molecule has 0 saturated heterocycles. The summed E-state index contributed by atoms with van der Waals surface area (Å²) in [6.07, 6.45) is 0. The lowest BCUT2D eigenvalue weighted by molar-refractivity contribution is 0.415. The largest absolute Gasteiger partial charge is 0.497 e. The molecule has 0 aliphatic heterocycles. The summed E-state index contributed by atoms with van der Waals surface area (Å²) in [7, 11) is 3.60. The molecule has 1 aromatic heterocycles. The number of fused-ring (bicyclic) bond motifs is 1. The Bertz CT molecular complexity index is 749. The van der Waals surface area contributed by atoms with Gasteiger partial charge in [0.05, 0.1) is 12.6 Å². The summed E-state index contributed by atoms with van der Waals surface area (Å²) in [5, 5.41) is 5.60. The van der Waals surface area contributed by atoms with Crippen LogP contribution in [-0.4, -0.2) is 16.9 Å². The zero-order valence-electron chi connectivity index (χ0n) is 10.7. The first-order valence-corrected chi connectivity index (χ1v) is 6.75. The van der Waals surface area contributed by atoms with Crippen LogP contribution in [0.15, 0.2) is 47.1 Å². The summed E-state index contributed by atoms with van der Waals surface area (Å²) in [5.41, 5.74) is 3.25. The van der Waals surface area contributed by atoms with Crippen molar-refractivity contribution in [1.82, 2.24) is 9.78 Å². The van der Waals surface area contributed by atoms with Crippen molar-refractivity contribution in [3.05, 3.63) is 47.1 Å². The number of aromatic nitrogens is 2. The third kappa shape index (κ3) is 2.12. The zero-order valence-corrected chi connectivity index (χ0v) is 12.3. The van der Waals surface area contributed by atoms with Crippen molar-refractivity contribution >= 4 is 26.8 Å². The molecule has 0 fully saturated rings. The van der Waals surface area contributed by atoms with Crippen molar-refractivity contribution in [2.45, 2.75) is 0 Å². The van der Waals surface area contributed by atoms with Crippen molar-refractivity contribution in [3.8, 4) is 16.9 Å². The Kier molecular flexibility index (Phi) is 3.03. The molecule has 0 unspecified atom stereocenters. The Morgan fingerprint density at radius 1 is 1.11 bits per heavy atom. The van der Waals surface area contributed by atoms with Crippen LogP contribution in [0.1, 0.15) is 0 Å². The second kappa shape index (κ2) is 4.70. The van der Waals surface area contributed by atoms with E-state index in [4.69, 9.17) is 4.74 Å². The lowest BCUT2D eigenvalue weighted by atomic mass is 10.0. The molecule has 19 heavy (non-hydrogen) atoms. The van der Waals surface area contributed by atoms with Crippen molar-refractivity contribution < 1.29 is 4.74 Å². The van der Waals surface area contributed by atoms with E-state index >= 15 is 0 Å². The summed E-state index contributed by atoms with van der Waals surface area (Å²) >= 11 is 3.53. The van der Waals surface area contributed by atoms with Gasteiger partial charge >= 0.3 is 0 Å². The van der Waals surface area contributed by atoms with E-state index in [9.17, 15) is 0 Å². The molecule has 0 saturated carbocycles. The van der Waals surface area contributed by atoms with E-state index in [1.807, 2.05) is 29.9 Å². The van der Waals surface area contributed by atoms with Crippen LogP contribution in [0.2, 0.25) is 0 Å². The minimum Gasteiger partial charge on any atom is -0.497 e. The van der Waals surface area contributed by atoms with Gasteiger partial charge in [0.15, 0.2) is 0 Å². The van der Waals surface area contributed by atoms with Gasteiger partial charge in [-0.2, -0.15) is 5.10 Å². The van der Waals surface area contributed by atoms with Gasteiger partial charge < -0.3 is 4.74 Å². The number of methoxy groups -OCH3 is 1. The lowest BCUT2D eigenvalue weighted by Gasteiger charge is -2.04. The first-order chi connectivity index (χ1) is 9.19. The number of halogens is 1. The van der Waals surface area contributed by atoms with Gasteiger partial charge in [-0.15, -0.1) is 0 Å². The van der Waals surface area contributed by atoms with Crippen molar-refractivity contribution in [1.29, 1.82) is 0 Å². The van der Waals surface area contributed by atoms with E-state index < -0.39 is 0 Å². The molecule has 96 valence electrons. The molecule has 0 amide bonds. The average molecular weight is 317 g/mol. The molecule has 1 heterocycles. The van der Waals surface area contributed by atoms with Crippen LogP contribution in [0.25, 0.3) is 22.0 Å². The van der Waals surface area contributed by atoms with Crippen molar-refractivity contribution in [2.24, 2.45) is 7.05 Å². The molecule has 0 bridgehead atoms. The fraction of sp³-hybridized carbons (Fsp3) is 0.133. The van der Waals surface area contributed by atoms with Gasteiger partial charge in [-0.25, -0.2) is 0 Å². The van der Waals surface area contributed by atoms with Gasteiger partial charge in [-0.05, 0) is 51.3 Å². The van der Waals surface area contributed by atoms with Crippen LogP contribution < -0.4 is 4.74 Å². The maximum absolute atomic E-state index is 5.26. The van der Waals surface area contributed by atoms with Crippen LogP contribution >= 0.6 is 15.9 Å². The maximum atomic E-state index is 5.26. The molecular weight excluding hydrogens is 304 g/mol. The molecule has 2 aromatic carbocycles. The van der Waals surface area contributed by atoms with Gasteiger partial charge in [0.25, 0.3) is 0 Å². The van der Waals surface area contributed by atoms with Crippen LogP contribution in [0.4, 0.5) is 0 Å². The van der Waals surface area contributed by atoms with Gasteiger partial charge in [-0.1, -0.05) is 18.2 Å². The van der Waals surface area contributed by atoms with Gasteiger partial charge in [0.1, 0.15) is 10.4 Å². The average Bonchev–Trinajstić information content (AvgIpc) is 2.73. The number of aryl methyl sites for hydroxylation is 1. The highest BCUT2D eigenvalue weighted by atomic mass is 79.9. The molecule has 0 aliphatic carbocycles. The number of benzene rings is 2. The molecule has 4 heteroatoms. The molecular formula is C15H13BrN2O. The molecule has 0 atom stereocenters. The highest BCUT2D eigenvalue weighted by Gasteiger charge is 2.07. The molecule has 0 radical (unpaired) electrons. The van der Waals surface area contributed by atoms with Gasteiger partial charge in [0, 0.05) is 12.4 Å². The summed E-state index contributed by atoms with van der Waals surface area (Å²) in [4.78, 5) is 0. The maximum Gasteiger partial charge on any atom is 0.119 e. The molecule has 3 nitrogen and oxygen atoms in total. The van der Waals surface area contributed by atoms with E-state index in [1.165, 1.54) is 0 Å². The molecule has 3 rings (SSSR count). The molecule has 0 aliphatic rings. The molecule has 0 spiro atoms. The second-order valence-electron chi connectivity index (χ2n) is 4.38. The SMILES string of the molecule is COc1cccc(-c2ccc3c(Br)n(C)nc3c2)c1. The number of rotatable bonds is 2. The highest BCUT2D eigenvalue weighted by Crippen LogP contribution is 2.29. The number of hydrogen-bond acceptors (Lipinski definition) is 2.